The molecule has 0 atom stereocenters. The number of hydrogen-bond donors (Lipinski definition) is 0. The molecule has 0 saturated heterocycles. The molecule has 13 rings (SSSR count). The third-order valence-corrected chi connectivity index (χ3v) is 14.6. The van der Waals surface area contributed by atoms with Gasteiger partial charge in [0.05, 0.1) is 0 Å². The number of rotatable bonds is 10. The maximum Gasteiger partial charge on any atom is -0.00259 e. The molecule has 74 heavy (non-hydrogen) atoms. The van der Waals surface area contributed by atoms with Crippen LogP contribution in [0, 0.1) is 0 Å². The summed E-state index contributed by atoms with van der Waals surface area (Å²) in [4.78, 5) is 0. The van der Waals surface area contributed by atoms with Crippen LogP contribution in [-0.4, -0.2) is 0 Å². The maximum absolute atomic E-state index is 2.43. The van der Waals surface area contributed by atoms with Crippen molar-refractivity contribution in [2.24, 2.45) is 0 Å². The van der Waals surface area contributed by atoms with Gasteiger partial charge in [-0.15, -0.1) is 0 Å². The Kier molecular flexibility index (Phi) is 11.7. The molecule has 0 heterocycles. The van der Waals surface area contributed by atoms with Gasteiger partial charge in [0.2, 0.25) is 0 Å². The number of benzene rings is 13. The van der Waals surface area contributed by atoms with Crippen LogP contribution in [0.4, 0.5) is 0 Å². The molecule has 0 saturated carbocycles. The highest BCUT2D eigenvalue weighted by molar-refractivity contribution is 6.22. The summed E-state index contributed by atoms with van der Waals surface area (Å²) in [5, 5.41) is 9.75. The molecule has 0 aliphatic heterocycles. The predicted octanol–water partition coefficient (Wildman–Crippen LogP) is 20.1. The molecule has 0 amide bonds. The highest BCUT2D eigenvalue weighted by atomic mass is 14.2. The van der Waals surface area contributed by atoms with E-state index < -0.39 is 0 Å². The van der Waals surface area contributed by atoms with Gasteiger partial charge < -0.3 is 0 Å². The summed E-state index contributed by atoms with van der Waals surface area (Å²) >= 11 is 0. The summed E-state index contributed by atoms with van der Waals surface area (Å²) in [6, 6.07) is 107. The molecule has 0 N–H and O–H groups in total. The van der Waals surface area contributed by atoms with Gasteiger partial charge in [0.25, 0.3) is 0 Å². The Morgan fingerprint density at radius 1 is 0.216 bits per heavy atom. The highest BCUT2D eigenvalue weighted by Crippen LogP contribution is 2.47. The van der Waals surface area contributed by atoms with Crippen LogP contribution in [0.2, 0.25) is 0 Å². The Labute approximate surface area is 433 Å². The minimum Gasteiger partial charge on any atom is -0.0622 e. The zero-order valence-corrected chi connectivity index (χ0v) is 40.9. The maximum atomic E-state index is 2.43. The van der Waals surface area contributed by atoms with Crippen molar-refractivity contribution in [1.82, 2.24) is 0 Å². The molecule has 13 aromatic rings. The number of hydrogen-bond acceptors (Lipinski definition) is 0. The summed E-state index contributed by atoms with van der Waals surface area (Å²) < 4.78 is 0. The third kappa shape index (κ3) is 8.49. The Bertz CT molecular complexity index is 3830. The standard InChI is InChI=1S/C74H50/c1-5-23-55(24-6-1)71(56-25-7-2-8-26-56)47-51-43-59(65-41-21-33-53-31-13-15-35-63(53)65)49-61(45-51)73-67-37-17-19-39-69(67)74(70-40-20-18-38-68(70)73)62-46-52(44-60(50-62)66-42-22-34-54-32-14-16-36-64(54)66)48-72(57-27-9-3-10-28-57)58-29-11-4-12-30-58/h1-50H. The first kappa shape index (κ1) is 44.3. The molecule has 0 aromatic heterocycles. The second-order valence-electron chi connectivity index (χ2n) is 19.2. The van der Waals surface area contributed by atoms with Crippen molar-refractivity contribution in [3.63, 3.8) is 0 Å². The third-order valence-electron chi connectivity index (χ3n) is 14.6. The molecule has 0 fully saturated rings. The Balaban J connectivity index is 1.09. The number of fused-ring (bicyclic) bond motifs is 4. The zero-order chi connectivity index (χ0) is 49.2. The Morgan fingerprint density at radius 3 is 0.824 bits per heavy atom. The first-order chi connectivity index (χ1) is 36.7. The second-order valence-corrected chi connectivity index (χ2v) is 19.2. The largest absolute Gasteiger partial charge is 0.0622 e. The van der Waals surface area contributed by atoms with Gasteiger partial charge in [-0.25, -0.2) is 0 Å². The quantitative estimate of drug-likeness (QED) is 0.0947. The lowest BCUT2D eigenvalue weighted by Gasteiger charge is -2.20. The van der Waals surface area contributed by atoms with E-state index in [9.17, 15) is 0 Å². The first-order valence-electron chi connectivity index (χ1n) is 25.6. The topological polar surface area (TPSA) is 0 Å². The molecule has 0 aliphatic rings. The van der Waals surface area contributed by atoms with Gasteiger partial charge in [0.15, 0.2) is 0 Å². The lowest BCUT2D eigenvalue weighted by atomic mass is 9.83. The average Bonchev–Trinajstić information content (AvgIpc) is 3.48. The van der Waals surface area contributed by atoms with Gasteiger partial charge in [-0.05, 0) is 181 Å². The van der Waals surface area contributed by atoms with Crippen LogP contribution in [0.3, 0.4) is 0 Å². The summed E-state index contributed by atoms with van der Waals surface area (Å²) in [6.45, 7) is 0. The van der Waals surface area contributed by atoms with E-state index in [1.807, 2.05) is 0 Å². The second kappa shape index (κ2) is 19.5. The molecule has 0 spiro atoms. The van der Waals surface area contributed by atoms with Gasteiger partial charge in [-0.1, -0.05) is 255 Å². The normalized spacial score (nSPS) is 11.2. The first-order valence-corrected chi connectivity index (χ1v) is 25.6. The van der Waals surface area contributed by atoms with E-state index in [0.717, 1.165) is 11.1 Å². The molecule has 0 bridgehead atoms. The van der Waals surface area contributed by atoms with Crippen LogP contribution in [0.15, 0.2) is 291 Å². The summed E-state index contributed by atoms with van der Waals surface area (Å²) in [5.74, 6) is 0. The SMILES string of the molecule is C(=C(c1ccccc1)c1ccccc1)c1cc(-c2cccc3ccccc23)cc(-c2c3ccccc3c(-c3cc(C=C(c4ccccc4)c4ccccc4)cc(-c4cccc5ccccc45)c3)c3ccccc23)c1. The van der Waals surface area contributed by atoms with Gasteiger partial charge in [0.1, 0.15) is 0 Å². The van der Waals surface area contributed by atoms with E-state index >= 15 is 0 Å². The minimum absolute atomic E-state index is 1.14. The van der Waals surface area contributed by atoms with Gasteiger partial charge >= 0.3 is 0 Å². The van der Waals surface area contributed by atoms with E-state index in [1.165, 1.54) is 121 Å². The predicted molar refractivity (Wildman–Crippen MR) is 318 cm³/mol. The van der Waals surface area contributed by atoms with E-state index in [1.54, 1.807) is 0 Å². The Morgan fingerprint density at radius 2 is 0.486 bits per heavy atom. The summed E-state index contributed by atoms with van der Waals surface area (Å²) in [5.41, 5.74) is 18.9. The van der Waals surface area contributed by atoms with Crippen molar-refractivity contribution in [3.8, 4) is 44.5 Å². The molecule has 0 aliphatic carbocycles. The van der Waals surface area contributed by atoms with Gasteiger partial charge in [-0.3, -0.25) is 0 Å². The fourth-order valence-corrected chi connectivity index (χ4v) is 11.2. The average molecular weight is 939 g/mol. The minimum atomic E-state index is 1.14. The molecule has 0 nitrogen and oxygen atoms in total. The van der Waals surface area contributed by atoms with E-state index in [4.69, 9.17) is 0 Å². The fraction of sp³-hybridized carbons (Fsp3) is 0. The van der Waals surface area contributed by atoms with Crippen LogP contribution in [0.5, 0.6) is 0 Å². The van der Waals surface area contributed by atoms with Crippen molar-refractivity contribution >= 4 is 66.4 Å². The van der Waals surface area contributed by atoms with E-state index in [-0.39, 0.29) is 0 Å². The molecular weight excluding hydrogens is 889 g/mol. The van der Waals surface area contributed by atoms with E-state index in [2.05, 4.69) is 303 Å². The molecule has 346 valence electrons. The van der Waals surface area contributed by atoms with Crippen molar-refractivity contribution in [3.05, 3.63) is 325 Å². The highest BCUT2D eigenvalue weighted by Gasteiger charge is 2.20. The smallest absolute Gasteiger partial charge is 0.00259 e. The molecule has 0 heteroatoms. The van der Waals surface area contributed by atoms with Crippen molar-refractivity contribution < 1.29 is 0 Å². The summed E-state index contributed by atoms with van der Waals surface area (Å²) in [7, 11) is 0. The van der Waals surface area contributed by atoms with Crippen LogP contribution >= 0.6 is 0 Å². The van der Waals surface area contributed by atoms with Crippen LogP contribution in [0.25, 0.3) is 111 Å². The monoisotopic (exact) mass is 938 g/mol. The van der Waals surface area contributed by atoms with Gasteiger partial charge in [0, 0.05) is 0 Å². The van der Waals surface area contributed by atoms with Gasteiger partial charge in [-0.2, -0.15) is 0 Å². The van der Waals surface area contributed by atoms with Crippen molar-refractivity contribution in [2.75, 3.05) is 0 Å². The van der Waals surface area contributed by atoms with Crippen LogP contribution in [0.1, 0.15) is 33.4 Å². The zero-order valence-electron chi connectivity index (χ0n) is 40.9. The Hall–Kier alpha value is -9.62. The van der Waals surface area contributed by atoms with Crippen LogP contribution < -0.4 is 0 Å². The summed E-state index contributed by atoms with van der Waals surface area (Å²) in [6.07, 6.45) is 4.77. The van der Waals surface area contributed by atoms with Crippen LogP contribution in [-0.2, 0) is 0 Å². The molecule has 13 aromatic carbocycles. The van der Waals surface area contributed by atoms with E-state index in [0.29, 0.717) is 0 Å². The molecule has 0 unspecified atom stereocenters. The lowest BCUT2D eigenvalue weighted by molar-refractivity contribution is 1.55. The molecule has 0 radical (unpaired) electrons. The van der Waals surface area contributed by atoms with Crippen molar-refractivity contribution in [2.45, 2.75) is 0 Å². The fourth-order valence-electron chi connectivity index (χ4n) is 11.2. The van der Waals surface area contributed by atoms with Crippen molar-refractivity contribution in [1.29, 1.82) is 0 Å². The molecular formula is C74H50. The lowest BCUT2D eigenvalue weighted by Crippen LogP contribution is -1.94.